The molecule has 13 heavy (non-hydrogen) atoms. The standard InChI is InChI=1S/C9H14N2O2/c1-5-7(9(10)6(2)12)3-4-8(13)11-5/h3-4,6,9,12H,10H2,1-2H3,(H,11,13). The molecule has 0 aliphatic carbocycles. The fourth-order valence-corrected chi connectivity index (χ4v) is 1.21. The van der Waals surface area contributed by atoms with Crippen LogP contribution in [0.25, 0.3) is 0 Å². The van der Waals surface area contributed by atoms with Gasteiger partial charge in [-0.1, -0.05) is 6.07 Å². The van der Waals surface area contributed by atoms with E-state index < -0.39 is 12.1 Å². The van der Waals surface area contributed by atoms with Crippen molar-refractivity contribution in [2.24, 2.45) is 5.73 Å². The lowest BCUT2D eigenvalue weighted by molar-refractivity contribution is 0.164. The fraction of sp³-hybridized carbons (Fsp3) is 0.444. The third kappa shape index (κ3) is 2.17. The van der Waals surface area contributed by atoms with Crippen LogP contribution in [0.5, 0.6) is 0 Å². The van der Waals surface area contributed by atoms with Gasteiger partial charge in [-0.05, 0) is 19.4 Å². The second-order valence-corrected chi connectivity index (χ2v) is 3.17. The summed E-state index contributed by atoms with van der Waals surface area (Å²) in [6.45, 7) is 3.38. The zero-order valence-electron chi connectivity index (χ0n) is 7.74. The van der Waals surface area contributed by atoms with Gasteiger partial charge in [0.25, 0.3) is 0 Å². The van der Waals surface area contributed by atoms with Crippen molar-refractivity contribution < 1.29 is 5.11 Å². The Morgan fingerprint density at radius 1 is 1.54 bits per heavy atom. The highest BCUT2D eigenvalue weighted by Gasteiger charge is 2.14. The lowest BCUT2D eigenvalue weighted by atomic mass is 10.0. The van der Waals surface area contributed by atoms with Crippen LogP contribution < -0.4 is 11.3 Å². The van der Waals surface area contributed by atoms with E-state index in [-0.39, 0.29) is 5.56 Å². The van der Waals surface area contributed by atoms with Crippen LogP contribution in [0.3, 0.4) is 0 Å². The summed E-state index contributed by atoms with van der Waals surface area (Å²) >= 11 is 0. The maximum atomic E-state index is 10.9. The van der Waals surface area contributed by atoms with Crippen LogP contribution in [0.4, 0.5) is 0 Å². The monoisotopic (exact) mass is 182 g/mol. The molecular formula is C9H14N2O2. The topological polar surface area (TPSA) is 79.1 Å². The van der Waals surface area contributed by atoms with Crippen molar-refractivity contribution >= 4 is 0 Å². The Labute approximate surface area is 76.4 Å². The van der Waals surface area contributed by atoms with Crippen molar-refractivity contribution in [1.29, 1.82) is 0 Å². The molecule has 1 rings (SSSR count). The molecule has 0 aromatic carbocycles. The molecule has 1 heterocycles. The summed E-state index contributed by atoms with van der Waals surface area (Å²) in [6, 6.07) is 2.60. The van der Waals surface area contributed by atoms with Crippen LogP contribution in [0.1, 0.15) is 24.2 Å². The van der Waals surface area contributed by atoms with Crippen molar-refractivity contribution in [2.45, 2.75) is 26.0 Å². The van der Waals surface area contributed by atoms with Crippen LogP contribution >= 0.6 is 0 Å². The minimum Gasteiger partial charge on any atom is -0.391 e. The van der Waals surface area contributed by atoms with Gasteiger partial charge < -0.3 is 15.8 Å². The number of H-pyrrole nitrogens is 1. The maximum absolute atomic E-state index is 10.9. The molecular weight excluding hydrogens is 168 g/mol. The SMILES string of the molecule is Cc1[nH]c(=O)ccc1C(N)C(C)O. The van der Waals surface area contributed by atoms with E-state index in [1.165, 1.54) is 6.07 Å². The lowest BCUT2D eigenvalue weighted by Crippen LogP contribution is -2.25. The van der Waals surface area contributed by atoms with Gasteiger partial charge in [0.2, 0.25) is 5.56 Å². The Hall–Kier alpha value is -1.13. The van der Waals surface area contributed by atoms with Gasteiger partial charge in [-0.2, -0.15) is 0 Å². The van der Waals surface area contributed by atoms with Crippen LogP contribution in [-0.4, -0.2) is 16.2 Å². The number of nitrogens with two attached hydrogens (primary N) is 1. The summed E-state index contributed by atoms with van der Waals surface area (Å²) in [5.41, 5.74) is 7.04. The van der Waals surface area contributed by atoms with Gasteiger partial charge in [-0.15, -0.1) is 0 Å². The summed E-state index contributed by atoms with van der Waals surface area (Å²) in [4.78, 5) is 13.5. The predicted octanol–water partition coefficient (Wildman–Crippen LogP) is 0.0639. The molecule has 4 heteroatoms. The molecule has 0 aliphatic heterocycles. The van der Waals surface area contributed by atoms with Gasteiger partial charge in [-0.25, -0.2) is 0 Å². The van der Waals surface area contributed by atoms with Gasteiger partial charge in [-0.3, -0.25) is 4.79 Å². The summed E-state index contributed by atoms with van der Waals surface area (Å²) in [5.74, 6) is 0. The number of nitrogens with one attached hydrogen (secondary N) is 1. The zero-order chi connectivity index (χ0) is 10.0. The molecule has 4 N–H and O–H groups in total. The Bertz CT molecular complexity index is 344. The van der Waals surface area contributed by atoms with E-state index >= 15 is 0 Å². The zero-order valence-corrected chi connectivity index (χ0v) is 7.74. The van der Waals surface area contributed by atoms with E-state index in [9.17, 15) is 9.90 Å². The summed E-state index contributed by atoms with van der Waals surface area (Å²) in [5, 5.41) is 9.25. The highest BCUT2D eigenvalue weighted by molar-refractivity contribution is 5.22. The third-order valence-electron chi connectivity index (χ3n) is 2.04. The average Bonchev–Trinajstić information content (AvgIpc) is 2.03. The number of hydrogen-bond donors (Lipinski definition) is 3. The predicted molar refractivity (Wildman–Crippen MR) is 50.4 cm³/mol. The van der Waals surface area contributed by atoms with E-state index in [2.05, 4.69) is 4.98 Å². The summed E-state index contributed by atoms with van der Waals surface area (Å²) < 4.78 is 0. The fourth-order valence-electron chi connectivity index (χ4n) is 1.21. The average molecular weight is 182 g/mol. The number of pyridine rings is 1. The molecule has 0 fully saturated rings. The molecule has 2 unspecified atom stereocenters. The quantitative estimate of drug-likeness (QED) is 0.605. The molecule has 0 amide bonds. The molecule has 4 nitrogen and oxygen atoms in total. The molecule has 0 saturated heterocycles. The number of aliphatic hydroxyl groups excluding tert-OH is 1. The van der Waals surface area contributed by atoms with Gasteiger partial charge in [0, 0.05) is 11.8 Å². The van der Waals surface area contributed by atoms with Crippen LogP contribution in [-0.2, 0) is 0 Å². The highest BCUT2D eigenvalue weighted by Crippen LogP contribution is 2.14. The van der Waals surface area contributed by atoms with Crippen molar-refractivity contribution in [2.75, 3.05) is 0 Å². The van der Waals surface area contributed by atoms with Crippen LogP contribution in [0, 0.1) is 6.92 Å². The van der Waals surface area contributed by atoms with E-state index in [1.54, 1.807) is 19.9 Å². The normalized spacial score (nSPS) is 15.4. The minimum atomic E-state index is -0.621. The van der Waals surface area contributed by atoms with Gasteiger partial charge in [0.15, 0.2) is 0 Å². The second kappa shape index (κ2) is 3.72. The lowest BCUT2D eigenvalue weighted by Gasteiger charge is -2.16. The first-order valence-electron chi connectivity index (χ1n) is 4.16. The van der Waals surface area contributed by atoms with Gasteiger partial charge in [0.05, 0.1) is 12.1 Å². The van der Waals surface area contributed by atoms with E-state index in [1.807, 2.05) is 0 Å². The Kier molecular flexibility index (Phi) is 2.85. The maximum Gasteiger partial charge on any atom is 0.248 e. The number of aromatic amines is 1. The number of hydrogen-bond acceptors (Lipinski definition) is 3. The highest BCUT2D eigenvalue weighted by atomic mass is 16.3. The van der Waals surface area contributed by atoms with Crippen molar-refractivity contribution in [3.63, 3.8) is 0 Å². The molecule has 0 spiro atoms. The molecule has 1 aromatic rings. The number of aromatic nitrogens is 1. The first-order chi connectivity index (χ1) is 6.02. The Balaban J connectivity index is 3.08. The number of rotatable bonds is 2. The van der Waals surface area contributed by atoms with E-state index in [0.717, 1.165) is 5.56 Å². The molecule has 0 bridgehead atoms. The first kappa shape index (κ1) is 9.95. The summed E-state index contributed by atoms with van der Waals surface area (Å²) in [7, 11) is 0. The van der Waals surface area contributed by atoms with E-state index in [4.69, 9.17) is 5.73 Å². The van der Waals surface area contributed by atoms with Crippen molar-refractivity contribution in [1.82, 2.24) is 4.98 Å². The van der Waals surface area contributed by atoms with Crippen LogP contribution in [0.15, 0.2) is 16.9 Å². The number of aryl methyl sites for hydroxylation is 1. The van der Waals surface area contributed by atoms with Crippen molar-refractivity contribution in [3.8, 4) is 0 Å². The van der Waals surface area contributed by atoms with Gasteiger partial charge in [0.1, 0.15) is 0 Å². The largest absolute Gasteiger partial charge is 0.391 e. The Morgan fingerprint density at radius 3 is 2.62 bits per heavy atom. The summed E-state index contributed by atoms with van der Waals surface area (Å²) in [6.07, 6.45) is -0.621. The molecule has 72 valence electrons. The number of aliphatic hydroxyl groups is 1. The molecule has 0 saturated carbocycles. The van der Waals surface area contributed by atoms with E-state index in [0.29, 0.717) is 5.69 Å². The smallest absolute Gasteiger partial charge is 0.248 e. The third-order valence-corrected chi connectivity index (χ3v) is 2.04. The molecule has 1 aromatic heterocycles. The second-order valence-electron chi connectivity index (χ2n) is 3.17. The minimum absolute atomic E-state index is 0.154. The van der Waals surface area contributed by atoms with Crippen molar-refractivity contribution in [3.05, 3.63) is 33.7 Å². The first-order valence-corrected chi connectivity index (χ1v) is 4.16. The van der Waals surface area contributed by atoms with Gasteiger partial charge >= 0.3 is 0 Å². The molecule has 0 radical (unpaired) electrons. The molecule has 2 atom stereocenters. The Morgan fingerprint density at radius 2 is 2.15 bits per heavy atom. The van der Waals surface area contributed by atoms with Crippen LogP contribution in [0.2, 0.25) is 0 Å². The molecule has 0 aliphatic rings.